The number of carboxylic acids is 1. The summed E-state index contributed by atoms with van der Waals surface area (Å²) in [5.41, 5.74) is 6.52. The van der Waals surface area contributed by atoms with E-state index in [2.05, 4.69) is 53.0 Å². The molecule has 5 rings (SSSR count). The van der Waals surface area contributed by atoms with E-state index in [-0.39, 0.29) is 55.2 Å². The van der Waals surface area contributed by atoms with Crippen LogP contribution in [0.15, 0.2) is 35.3 Å². The Bertz CT molecular complexity index is 1770. The summed E-state index contributed by atoms with van der Waals surface area (Å²) in [6.07, 6.45) is 4.51. The number of hydrogen-bond donors (Lipinski definition) is 7. The Kier molecular flexibility index (Phi) is 11.0. The van der Waals surface area contributed by atoms with Gasteiger partial charge in [0, 0.05) is 43.6 Å². The van der Waals surface area contributed by atoms with Crippen molar-refractivity contribution < 1.29 is 29.0 Å². The molecule has 0 bridgehead atoms. The number of ether oxygens (including phenoxy) is 1. The van der Waals surface area contributed by atoms with Crippen LogP contribution in [0.4, 0.5) is 16.4 Å². The predicted molar refractivity (Wildman–Crippen MR) is 173 cm³/mol. The molecule has 0 saturated heterocycles. The largest absolute Gasteiger partial charge is 0.480 e. The van der Waals surface area contributed by atoms with Gasteiger partial charge in [-0.2, -0.15) is 4.98 Å². The fourth-order valence-electron chi connectivity index (χ4n) is 5.72. The quantitative estimate of drug-likeness (QED) is 0.0952. The number of nitrogens with two attached hydrogens (primary N) is 1. The molecule has 3 amide bonds. The number of carbonyl (C=O) groups excluding carboxylic acids is 3. The molecule has 4 atom stereocenters. The second-order valence-corrected chi connectivity index (χ2v) is 11.6. The summed E-state index contributed by atoms with van der Waals surface area (Å²) in [5.74, 6) is 5.48. The lowest BCUT2D eigenvalue weighted by atomic mass is 10.1. The molecule has 2 heterocycles. The number of aromatic nitrogens is 4. The van der Waals surface area contributed by atoms with Crippen LogP contribution in [0.1, 0.15) is 54.6 Å². The molecular weight excluding hydrogens is 622 g/mol. The minimum absolute atomic E-state index is 0.0539. The Morgan fingerprint density at radius 1 is 1.04 bits per heavy atom. The second kappa shape index (κ2) is 15.7. The molecule has 1 saturated carbocycles. The van der Waals surface area contributed by atoms with E-state index in [0.29, 0.717) is 35.7 Å². The molecule has 0 spiro atoms. The Morgan fingerprint density at radius 2 is 1.75 bits per heavy atom. The molecule has 3 aromatic rings. The molecule has 8 N–H and O–H groups in total. The topological polar surface area (TPSA) is 243 Å². The smallest absolute Gasteiger partial charge is 0.407 e. The minimum atomic E-state index is -1.29. The molecule has 1 fully saturated rings. The number of nitrogen functional groups attached to an aromatic ring is 1. The van der Waals surface area contributed by atoms with Gasteiger partial charge in [-0.3, -0.25) is 19.4 Å². The van der Waals surface area contributed by atoms with Crippen molar-refractivity contribution in [2.45, 2.75) is 51.1 Å². The number of nitrogens with zero attached hydrogens (tertiary/aromatic N) is 3. The van der Waals surface area contributed by atoms with Gasteiger partial charge in [-0.15, -0.1) is 11.8 Å². The Hall–Kier alpha value is -5.72. The highest BCUT2D eigenvalue weighted by atomic mass is 16.5. The number of nitrogens with one attached hydrogen (secondary N) is 5. The van der Waals surface area contributed by atoms with Crippen LogP contribution in [0.2, 0.25) is 0 Å². The van der Waals surface area contributed by atoms with Gasteiger partial charge in [-0.1, -0.05) is 0 Å². The highest BCUT2D eigenvalue weighted by Crippen LogP contribution is 2.52. The maximum absolute atomic E-state index is 12.7. The summed E-state index contributed by atoms with van der Waals surface area (Å²) in [6.45, 7) is 0.891. The Labute approximate surface area is 275 Å². The van der Waals surface area contributed by atoms with Crippen molar-refractivity contribution >= 4 is 46.7 Å². The SMILES string of the molecule is Nc1nc2ncc(CNc3ccc(C(=O)N[C@@H](CCC(=O)NCCNC(=O)OCC4[C@H]5CCC#CCC[C@@H]45)C(=O)O)cc3)nc2c(=O)[nH]1. The number of amides is 3. The molecule has 16 heteroatoms. The van der Waals surface area contributed by atoms with Crippen LogP contribution in [0.5, 0.6) is 0 Å². The first kappa shape index (κ1) is 33.6. The second-order valence-electron chi connectivity index (χ2n) is 11.6. The first-order chi connectivity index (χ1) is 23.2. The van der Waals surface area contributed by atoms with E-state index in [0.717, 1.165) is 25.7 Å². The number of alkyl carbamates (subject to hydrolysis) is 1. The highest BCUT2D eigenvalue weighted by Gasteiger charge is 2.49. The van der Waals surface area contributed by atoms with Gasteiger partial charge in [0.15, 0.2) is 11.2 Å². The fourth-order valence-corrected chi connectivity index (χ4v) is 5.72. The number of fused-ring (bicyclic) bond motifs is 2. The van der Waals surface area contributed by atoms with Crippen LogP contribution in [-0.2, 0) is 20.9 Å². The molecule has 2 aromatic heterocycles. The van der Waals surface area contributed by atoms with Crippen molar-refractivity contribution in [1.29, 1.82) is 0 Å². The number of hydrogen-bond acceptors (Lipinski definition) is 11. The van der Waals surface area contributed by atoms with Gasteiger partial charge in [0.2, 0.25) is 11.9 Å². The van der Waals surface area contributed by atoms with E-state index in [9.17, 15) is 29.1 Å². The van der Waals surface area contributed by atoms with E-state index in [1.54, 1.807) is 12.1 Å². The number of benzene rings is 1. The number of H-pyrrole nitrogens is 1. The predicted octanol–water partition coefficient (Wildman–Crippen LogP) is 1.15. The normalized spacial score (nSPS) is 18.5. The first-order valence-electron chi connectivity index (χ1n) is 15.7. The Balaban J connectivity index is 0.982. The van der Waals surface area contributed by atoms with Crippen molar-refractivity contribution in [3.8, 4) is 11.8 Å². The zero-order valence-electron chi connectivity index (χ0n) is 26.1. The first-order valence-corrected chi connectivity index (χ1v) is 15.7. The molecule has 1 aromatic carbocycles. The molecule has 1 unspecified atom stereocenters. The molecule has 2 aliphatic carbocycles. The van der Waals surface area contributed by atoms with Crippen LogP contribution in [0, 0.1) is 29.6 Å². The molecular formula is C32H37N9O7. The third-order valence-corrected chi connectivity index (χ3v) is 8.33. The average molecular weight is 660 g/mol. The van der Waals surface area contributed by atoms with Crippen LogP contribution in [0.3, 0.4) is 0 Å². The summed E-state index contributed by atoms with van der Waals surface area (Å²) >= 11 is 0. The Morgan fingerprint density at radius 3 is 2.46 bits per heavy atom. The third kappa shape index (κ3) is 9.18. The van der Waals surface area contributed by atoms with E-state index in [1.165, 1.54) is 18.3 Å². The van der Waals surface area contributed by atoms with Crippen molar-refractivity contribution in [1.82, 2.24) is 35.9 Å². The highest BCUT2D eigenvalue weighted by molar-refractivity contribution is 5.97. The van der Waals surface area contributed by atoms with Crippen LogP contribution in [-0.4, -0.2) is 74.7 Å². The molecule has 0 aliphatic heterocycles. The number of aromatic amines is 1. The zero-order valence-corrected chi connectivity index (χ0v) is 26.1. The monoisotopic (exact) mass is 659 g/mol. The van der Waals surface area contributed by atoms with Crippen molar-refractivity contribution in [2.24, 2.45) is 17.8 Å². The van der Waals surface area contributed by atoms with Crippen LogP contribution < -0.4 is 32.6 Å². The molecule has 48 heavy (non-hydrogen) atoms. The summed E-state index contributed by atoms with van der Waals surface area (Å²) in [7, 11) is 0. The lowest BCUT2D eigenvalue weighted by Gasteiger charge is -2.15. The van der Waals surface area contributed by atoms with E-state index in [4.69, 9.17) is 10.5 Å². The van der Waals surface area contributed by atoms with Gasteiger partial charge in [-0.25, -0.2) is 19.6 Å². The van der Waals surface area contributed by atoms with E-state index in [1.807, 2.05) is 0 Å². The van der Waals surface area contributed by atoms with Gasteiger partial charge < -0.3 is 36.8 Å². The maximum Gasteiger partial charge on any atom is 0.407 e. The van der Waals surface area contributed by atoms with Crippen molar-refractivity contribution in [3.63, 3.8) is 0 Å². The lowest BCUT2D eigenvalue weighted by molar-refractivity contribution is -0.139. The van der Waals surface area contributed by atoms with Gasteiger partial charge in [0.25, 0.3) is 11.5 Å². The summed E-state index contributed by atoms with van der Waals surface area (Å²) < 4.78 is 5.35. The molecule has 2 aliphatic rings. The summed E-state index contributed by atoms with van der Waals surface area (Å²) in [4.78, 5) is 75.5. The number of rotatable bonds is 14. The summed E-state index contributed by atoms with van der Waals surface area (Å²) in [6, 6.07) is 4.99. The molecule has 16 nitrogen and oxygen atoms in total. The van der Waals surface area contributed by atoms with E-state index >= 15 is 0 Å². The third-order valence-electron chi connectivity index (χ3n) is 8.33. The van der Waals surface area contributed by atoms with Gasteiger partial charge >= 0.3 is 12.1 Å². The van der Waals surface area contributed by atoms with Gasteiger partial charge in [-0.05, 0) is 61.3 Å². The average Bonchev–Trinajstić information content (AvgIpc) is 3.71. The molecule has 0 radical (unpaired) electrons. The van der Waals surface area contributed by atoms with E-state index < -0.39 is 35.5 Å². The van der Waals surface area contributed by atoms with Gasteiger partial charge in [0.05, 0.1) is 25.0 Å². The number of aliphatic carboxylic acids is 1. The minimum Gasteiger partial charge on any atom is -0.480 e. The number of carbonyl (C=O) groups is 4. The number of carboxylic acid groups (broad SMARTS) is 1. The van der Waals surface area contributed by atoms with Crippen molar-refractivity contribution in [3.05, 3.63) is 52.1 Å². The standard InChI is InChI=1S/C32H37N9O7/c33-31-40-27-26(29(44)41-31)38-20(16-37-27)15-36-19-9-7-18(8-10-19)28(43)39-24(30(45)46)11-12-25(42)34-13-14-35-32(47)48-17-23-21-5-3-1-2-4-6-22(21)23/h7-10,16,21-24,36H,3-6,11-15,17H2,(H,34,42)(H,35,47)(H,39,43)(H,45,46)(H3,33,37,40,41,44)/t21-,22+,23?,24-/m0/s1. The number of anilines is 2. The van der Waals surface area contributed by atoms with Gasteiger partial charge in [0.1, 0.15) is 6.04 Å². The molecule has 252 valence electrons. The van der Waals surface area contributed by atoms with Crippen LogP contribution in [0.25, 0.3) is 11.2 Å². The van der Waals surface area contributed by atoms with Crippen LogP contribution >= 0.6 is 0 Å². The maximum atomic E-state index is 12.7. The zero-order chi connectivity index (χ0) is 34.0. The fraction of sp³-hybridized carbons (Fsp3) is 0.438. The van der Waals surface area contributed by atoms with Crippen molar-refractivity contribution in [2.75, 3.05) is 30.7 Å². The lowest BCUT2D eigenvalue weighted by Crippen LogP contribution is -2.42. The summed E-state index contributed by atoms with van der Waals surface area (Å²) in [5, 5.41) is 20.4.